The molecule has 0 saturated heterocycles. The average Bonchev–Trinajstić information content (AvgIpc) is 2.65. The van der Waals surface area contributed by atoms with E-state index in [1.165, 1.54) is 6.07 Å². The Morgan fingerprint density at radius 3 is 2.45 bits per heavy atom. The largest absolute Gasteiger partial charge is 0.478 e. The fraction of sp³-hybridized carbons (Fsp3) is 0.571. The van der Waals surface area contributed by atoms with Gasteiger partial charge in [-0.1, -0.05) is 20.8 Å². The lowest BCUT2D eigenvalue weighted by atomic mass is 9.96. The number of nitrogens with one attached hydrogen (secondary N) is 1. The maximum Gasteiger partial charge on any atom is 0.339 e. The predicted molar refractivity (Wildman–Crippen MR) is 74.7 cm³/mol. The van der Waals surface area contributed by atoms with Gasteiger partial charge in [0.25, 0.3) is 0 Å². The van der Waals surface area contributed by atoms with E-state index < -0.39 is 5.97 Å². The lowest BCUT2D eigenvalue weighted by Gasteiger charge is -2.26. The summed E-state index contributed by atoms with van der Waals surface area (Å²) < 4.78 is 5.29. The lowest BCUT2D eigenvalue weighted by Crippen LogP contribution is -2.41. The first kappa shape index (κ1) is 16.1. The monoisotopic (exact) mass is 282 g/mol. The number of carboxylic acids is 1. The van der Waals surface area contributed by atoms with Crippen LogP contribution in [0.15, 0.2) is 10.5 Å². The zero-order valence-corrected chi connectivity index (χ0v) is 12.6. The Morgan fingerprint density at radius 1 is 1.40 bits per heavy atom. The number of urea groups is 1. The molecule has 0 aliphatic heterocycles. The van der Waals surface area contributed by atoms with Crippen LogP contribution in [0.25, 0.3) is 0 Å². The fourth-order valence-electron chi connectivity index (χ4n) is 1.92. The third-order valence-electron chi connectivity index (χ3n) is 2.67. The number of hydrogen-bond acceptors (Lipinski definition) is 3. The SMILES string of the molecule is Cc1oc(CNC(=O)N(C)CC(C)(C)C)cc1C(=O)O. The van der Waals surface area contributed by atoms with Crippen molar-refractivity contribution < 1.29 is 19.1 Å². The Hall–Kier alpha value is -1.98. The molecule has 0 unspecified atom stereocenters. The number of furan rings is 1. The zero-order valence-electron chi connectivity index (χ0n) is 12.6. The van der Waals surface area contributed by atoms with Crippen molar-refractivity contribution in [1.29, 1.82) is 0 Å². The van der Waals surface area contributed by atoms with Crippen molar-refractivity contribution in [2.45, 2.75) is 34.2 Å². The Morgan fingerprint density at radius 2 is 2.00 bits per heavy atom. The van der Waals surface area contributed by atoms with E-state index in [2.05, 4.69) is 5.32 Å². The number of hydrogen-bond donors (Lipinski definition) is 2. The van der Waals surface area contributed by atoms with Crippen molar-refractivity contribution in [3.8, 4) is 0 Å². The molecule has 0 spiro atoms. The van der Waals surface area contributed by atoms with Gasteiger partial charge in [0.15, 0.2) is 0 Å². The van der Waals surface area contributed by atoms with E-state index in [1.54, 1.807) is 18.9 Å². The summed E-state index contributed by atoms with van der Waals surface area (Å²) in [4.78, 5) is 24.4. The molecule has 0 atom stereocenters. The van der Waals surface area contributed by atoms with Gasteiger partial charge in [0.05, 0.1) is 6.54 Å². The molecule has 0 aliphatic rings. The van der Waals surface area contributed by atoms with Crippen LogP contribution in [0, 0.1) is 12.3 Å². The van der Waals surface area contributed by atoms with Gasteiger partial charge in [0.1, 0.15) is 17.1 Å². The molecule has 1 rings (SSSR count). The van der Waals surface area contributed by atoms with E-state index in [9.17, 15) is 9.59 Å². The molecule has 6 heteroatoms. The summed E-state index contributed by atoms with van der Waals surface area (Å²) in [5.41, 5.74) is 0.140. The van der Waals surface area contributed by atoms with Crippen LogP contribution in [-0.2, 0) is 6.54 Å². The highest BCUT2D eigenvalue weighted by atomic mass is 16.4. The number of aromatic carboxylic acids is 1. The van der Waals surface area contributed by atoms with Gasteiger partial charge in [-0.2, -0.15) is 0 Å². The van der Waals surface area contributed by atoms with E-state index in [4.69, 9.17) is 9.52 Å². The first-order valence-corrected chi connectivity index (χ1v) is 6.42. The van der Waals surface area contributed by atoms with Gasteiger partial charge < -0.3 is 19.7 Å². The summed E-state index contributed by atoms with van der Waals surface area (Å²) in [5, 5.41) is 11.6. The molecule has 112 valence electrons. The third-order valence-corrected chi connectivity index (χ3v) is 2.67. The van der Waals surface area contributed by atoms with Crippen LogP contribution in [0.3, 0.4) is 0 Å². The highest BCUT2D eigenvalue weighted by Crippen LogP contribution is 2.15. The van der Waals surface area contributed by atoms with Gasteiger partial charge in [0, 0.05) is 13.6 Å². The highest BCUT2D eigenvalue weighted by molar-refractivity contribution is 5.88. The molecule has 1 aromatic rings. The molecule has 0 aliphatic carbocycles. The van der Waals surface area contributed by atoms with Gasteiger partial charge >= 0.3 is 12.0 Å². The topological polar surface area (TPSA) is 82.8 Å². The number of carboxylic acid groups (broad SMARTS) is 1. The van der Waals surface area contributed by atoms with E-state index in [1.807, 2.05) is 20.8 Å². The van der Waals surface area contributed by atoms with Crippen LogP contribution in [0.1, 0.15) is 42.6 Å². The number of aryl methyl sites for hydroxylation is 1. The molecule has 6 nitrogen and oxygen atoms in total. The second-order valence-corrected chi connectivity index (χ2v) is 6.06. The normalized spacial score (nSPS) is 11.2. The Balaban J connectivity index is 2.57. The van der Waals surface area contributed by atoms with Crippen molar-refractivity contribution >= 4 is 12.0 Å². The molecule has 20 heavy (non-hydrogen) atoms. The zero-order chi connectivity index (χ0) is 15.5. The van der Waals surface area contributed by atoms with E-state index in [-0.39, 0.29) is 23.6 Å². The van der Waals surface area contributed by atoms with Gasteiger partial charge in [-0.15, -0.1) is 0 Å². The van der Waals surface area contributed by atoms with Crippen LogP contribution in [0.2, 0.25) is 0 Å². The Labute approximate surface area is 118 Å². The molecule has 1 aromatic heterocycles. The first-order chi connectivity index (χ1) is 9.10. The minimum atomic E-state index is -1.03. The van der Waals surface area contributed by atoms with Crippen LogP contribution in [0.5, 0.6) is 0 Å². The molecule has 0 saturated carbocycles. The van der Waals surface area contributed by atoms with Crippen LogP contribution >= 0.6 is 0 Å². The first-order valence-electron chi connectivity index (χ1n) is 6.42. The van der Waals surface area contributed by atoms with Gasteiger partial charge in [0.2, 0.25) is 0 Å². The van der Waals surface area contributed by atoms with E-state index in [0.717, 1.165) is 0 Å². The molecule has 2 N–H and O–H groups in total. The summed E-state index contributed by atoms with van der Waals surface area (Å²) in [5.74, 6) is -0.268. The predicted octanol–water partition coefficient (Wildman–Crippen LogP) is 2.47. The molecule has 0 bridgehead atoms. The molecule has 1 heterocycles. The number of amides is 2. The van der Waals surface area contributed by atoms with Gasteiger partial charge in [-0.3, -0.25) is 0 Å². The van der Waals surface area contributed by atoms with Gasteiger partial charge in [-0.05, 0) is 18.4 Å². The number of carbonyl (C=O) groups excluding carboxylic acids is 1. The summed E-state index contributed by atoms with van der Waals surface area (Å²) in [6.07, 6.45) is 0. The van der Waals surface area contributed by atoms with E-state index >= 15 is 0 Å². The van der Waals surface area contributed by atoms with Crippen LogP contribution < -0.4 is 5.32 Å². The highest BCUT2D eigenvalue weighted by Gasteiger charge is 2.18. The molecule has 2 amide bonds. The minimum Gasteiger partial charge on any atom is -0.478 e. The van der Waals surface area contributed by atoms with Gasteiger partial charge in [-0.25, -0.2) is 9.59 Å². The molecular formula is C14H22N2O4. The molecule has 0 fully saturated rings. The third kappa shape index (κ3) is 4.60. The van der Waals surface area contributed by atoms with Crippen LogP contribution in [0.4, 0.5) is 4.79 Å². The smallest absolute Gasteiger partial charge is 0.339 e. The summed E-state index contributed by atoms with van der Waals surface area (Å²) in [7, 11) is 1.72. The average molecular weight is 282 g/mol. The molecule has 0 aromatic carbocycles. The second kappa shape index (κ2) is 5.98. The van der Waals surface area contributed by atoms with Crippen molar-refractivity contribution in [2.75, 3.05) is 13.6 Å². The fourth-order valence-corrected chi connectivity index (χ4v) is 1.92. The van der Waals surface area contributed by atoms with Crippen molar-refractivity contribution in [3.63, 3.8) is 0 Å². The number of nitrogens with zero attached hydrogens (tertiary/aromatic N) is 1. The lowest BCUT2D eigenvalue weighted by molar-refractivity contribution is 0.0695. The quantitative estimate of drug-likeness (QED) is 0.888. The maximum atomic E-state index is 11.9. The standard InChI is InChI=1S/C14H22N2O4/c1-9-11(12(17)18)6-10(20-9)7-15-13(19)16(5)8-14(2,3)4/h6H,7-8H2,1-5H3,(H,15,19)(H,17,18). The van der Waals surface area contributed by atoms with E-state index in [0.29, 0.717) is 18.1 Å². The van der Waals surface area contributed by atoms with Crippen LogP contribution in [-0.4, -0.2) is 35.6 Å². The van der Waals surface area contributed by atoms with Crippen molar-refractivity contribution in [3.05, 3.63) is 23.2 Å². The Bertz CT molecular complexity index is 500. The summed E-state index contributed by atoms with van der Waals surface area (Å²) in [6, 6.07) is 1.22. The minimum absolute atomic E-state index is 0.0177. The van der Waals surface area contributed by atoms with Crippen molar-refractivity contribution in [1.82, 2.24) is 10.2 Å². The number of carbonyl (C=O) groups is 2. The summed E-state index contributed by atoms with van der Waals surface area (Å²) in [6.45, 7) is 8.52. The maximum absolute atomic E-state index is 11.9. The van der Waals surface area contributed by atoms with Crippen molar-refractivity contribution in [2.24, 2.45) is 5.41 Å². The number of rotatable bonds is 4. The Kier molecular flexibility index (Phi) is 4.81. The molecule has 0 radical (unpaired) electrons. The summed E-state index contributed by atoms with van der Waals surface area (Å²) >= 11 is 0. The molecular weight excluding hydrogens is 260 g/mol. The second-order valence-electron chi connectivity index (χ2n) is 6.06.